The van der Waals surface area contributed by atoms with Gasteiger partial charge in [0, 0.05) is 19.4 Å². The van der Waals surface area contributed by atoms with Gasteiger partial charge in [0.05, 0.1) is 6.61 Å². The lowest BCUT2D eigenvalue weighted by atomic mass is 9.87. The van der Waals surface area contributed by atoms with Crippen LogP contribution in [0.1, 0.15) is 18.4 Å². The SMILES string of the molecule is OCCC1(c2ccccc2)CCOCO1. The fraction of sp³-hybridized carbons (Fsp3) is 0.500. The molecule has 0 bridgehead atoms. The van der Waals surface area contributed by atoms with Gasteiger partial charge in [-0.1, -0.05) is 30.3 Å². The van der Waals surface area contributed by atoms with E-state index in [2.05, 4.69) is 0 Å². The van der Waals surface area contributed by atoms with E-state index in [9.17, 15) is 0 Å². The Morgan fingerprint density at radius 2 is 2.07 bits per heavy atom. The van der Waals surface area contributed by atoms with Gasteiger partial charge in [-0.25, -0.2) is 0 Å². The van der Waals surface area contributed by atoms with Gasteiger partial charge >= 0.3 is 0 Å². The molecule has 0 saturated carbocycles. The van der Waals surface area contributed by atoms with Crippen LogP contribution in [0.4, 0.5) is 0 Å². The minimum absolute atomic E-state index is 0.134. The van der Waals surface area contributed by atoms with E-state index in [-0.39, 0.29) is 12.2 Å². The van der Waals surface area contributed by atoms with Crippen molar-refractivity contribution >= 4 is 0 Å². The third-order valence-corrected chi connectivity index (χ3v) is 2.88. The molecule has 1 fully saturated rings. The van der Waals surface area contributed by atoms with Crippen LogP contribution in [0.15, 0.2) is 30.3 Å². The molecule has 2 rings (SSSR count). The van der Waals surface area contributed by atoms with Crippen molar-refractivity contribution < 1.29 is 14.6 Å². The molecule has 1 aromatic carbocycles. The number of ether oxygens (including phenoxy) is 2. The Morgan fingerprint density at radius 3 is 2.67 bits per heavy atom. The van der Waals surface area contributed by atoms with Crippen molar-refractivity contribution in [3.05, 3.63) is 35.9 Å². The maximum absolute atomic E-state index is 9.12. The van der Waals surface area contributed by atoms with Crippen LogP contribution in [-0.4, -0.2) is 25.1 Å². The summed E-state index contributed by atoms with van der Waals surface area (Å²) in [5, 5.41) is 9.12. The molecule has 3 heteroatoms. The number of hydrogen-bond acceptors (Lipinski definition) is 3. The van der Waals surface area contributed by atoms with Gasteiger partial charge in [-0.3, -0.25) is 0 Å². The predicted molar refractivity (Wildman–Crippen MR) is 56.3 cm³/mol. The van der Waals surface area contributed by atoms with Gasteiger partial charge < -0.3 is 14.6 Å². The Hall–Kier alpha value is -0.900. The first kappa shape index (κ1) is 10.6. The lowest BCUT2D eigenvalue weighted by Crippen LogP contribution is -2.37. The first-order valence-corrected chi connectivity index (χ1v) is 5.25. The summed E-state index contributed by atoms with van der Waals surface area (Å²) in [5.41, 5.74) is 0.774. The number of aliphatic hydroxyl groups excluding tert-OH is 1. The van der Waals surface area contributed by atoms with Gasteiger partial charge in [-0.15, -0.1) is 0 Å². The molecule has 1 atom stereocenters. The predicted octanol–water partition coefficient (Wildman–Crippen LogP) is 1.66. The zero-order chi connectivity index (χ0) is 10.6. The lowest BCUT2D eigenvalue weighted by molar-refractivity contribution is -0.204. The molecule has 1 aromatic rings. The first-order valence-electron chi connectivity index (χ1n) is 5.25. The number of aliphatic hydroxyl groups is 1. The lowest BCUT2D eigenvalue weighted by Gasteiger charge is -2.37. The molecule has 1 aliphatic rings. The van der Waals surface area contributed by atoms with Gasteiger partial charge in [0.1, 0.15) is 12.4 Å². The minimum atomic E-state index is -0.353. The highest BCUT2D eigenvalue weighted by Crippen LogP contribution is 2.35. The van der Waals surface area contributed by atoms with Crippen molar-refractivity contribution in [2.75, 3.05) is 20.0 Å². The molecule has 82 valence electrons. The van der Waals surface area contributed by atoms with Crippen LogP contribution in [0.5, 0.6) is 0 Å². The molecule has 15 heavy (non-hydrogen) atoms. The van der Waals surface area contributed by atoms with Crippen molar-refractivity contribution in [2.45, 2.75) is 18.4 Å². The van der Waals surface area contributed by atoms with Crippen LogP contribution < -0.4 is 0 Å². The van der Waals surface area contributed by atoms with Crippen LogP contribution >= 0.6 is 0 Å². The second-order valence-corrected chi connectivity index (χ2v) is 3.75. The molecule has 0 aromatic heterocycles. The maximum atomic E-state index is 9.12. The Bertz CT molecular complexity index is 285. The van der Waals surface area contributed by atoms with Crippen molar-refractivity contribution in [2.24, 2.45) is 0 Å². The van der Waals surface area contributed by atoms with E-state index in [1.807, 2.05) is 30.3 Å². The summed E-state index contributed by atoms with van der Waals surface area (Å²) in [6, 6.07) is 10.1. The standard InChI is InChI=1S/C12H16O3/c13-8-6-12(7-9-14-10-15-12)11-4-2-1-3-5-11/h1-5,13H,6-10H2. The third kappa shape index (κ3) is 2.20. The second-order valence-electron chi connectivity index (χ2n) is 3.75. The molecular weight excluding hydrogens is 192 g/mol. The fourth-order valence-corrected chi connectivity index (χ4v) is 2.01. The molecule has 1 N–H and O–H groups in total. The van der Waals surface area contributed by atoms with E-state index < -0.39 is 0 Å². The molecule has 1 aliphatic heterocycles. The van der Waals surface area contributed by atoms with Crippen molar-refractivity contribution in [3.8, 4) is 0 Å². The maximum Gasteiger partial charge on any atom is 0.147 e. The Balaban J connectivity index is 2.25. The fourth-order valence-electron chi connectivity index (χ4n) is 2.01. The van der Waals surface area contributed by atoms with Gasteiger partial charge in [-0.2, -0.15) is 0 Å². The Labute approximate surface area is 89.6 Å². The van der Waals surface area contributed by atoms with Crippen molar-refractivity contribution in [1.29, 1.82) is 0 Å². The molecule has 0 amide bonds. The first-order chi connectivity index (χ1) is 7.37. The van der Waals surface area contributed by atoms with Crippen LogP contribution in [0.2, 0.25) is 0 Å². The molecular formula is C12H16O3. The topological polar surface area (TPSA) is 38.7 Å². The summed E-state index contributed by atoms with van der Waals surface area (Å²) in [7, 11) is 0. The molecule has 1 unspecified atom stereocenters. The van der Waals surface area contributed by atoms with E-state index in [1.54, 1.807) is 0 Å². The highest BCUT2D eigenvalue weighted by molar-refractivity contribution is 5.23. The van der Waals surface area contributed by atoms with E-state index in [4.69, 9.17) is 14.6 Å². The van der Waals surface area contributed by atoms with E-state index in [1.165, 1.54) is 0 Å². The molecule has 3 nitrogen and oxygen atoms in total. The normalized spacial score (nSPS) is 26.5. The number of benzene rings is 1. The highest BCUT2D eigenvalue weighted by Gasteiger charge is 2.34. The minimum Gasteiger partial charge on any atom is -0.396 e. The second kappa shape index (κ2) is 4.75. The van der Waals surface area contributed by atoms with Crippen molar-refractivity contribution in [1.82, 2.24) is 0 Å². The van der Waals surface area contributed by atoms with Crippen LogP contribution in [-0.2, 0) is 15.1 Å². The summed E-state index contributed by atoms with van der Waals surface area (Å²) < 4.78 is 10.9. The molecule has 0 aliphatic carbocycles. The Kier molecular flexibility index (Phi) is 3.36. The summed E-state index contributed by atoms with van der Waals surface area (Å²) in [4.78, 5) is 0. The van der Waals surface area contributed by atoms with Crippen LogP contribution in [0.3, 0.4) is 0 Å². The third-order valence-electron chi connectivity index (χ3n) is 2.88. The van der Waals surface area contributed by atoms with E-state index in [0.29, 0.717) is 19.8 Å². The molecule has 1 saturated heterocycles. The van der Waals surface area contributed by atoms with Gasteiger partial charge in [0.2, 0.25) is 0 Å². The van der Waals surface area contributed by atoms with Crippen LogP contribution in [0, 0.1) is 0 Å². The molecule has 0 spiro atoms. The number of hydrogen-bond donors (Lipinski definition) is 1. The van der Waals surface area contributed by atoms with Gasteiger partial charge in [0.25, 0.3) is 0 Å². The number of rotatable bonds is 3. The van der Waals surface area contributed by atoms with E-state index >= 15 is 0 Å². The zero-order valence-electron chi connectivity index (χ0n) is 8.69. The monoisotopic (exact) mass is 208 g/mol. The quantitative estimate of drug-likeness (QED) is 0.821. The molecule has 1 heterocycles. The van der Waals surface area contributed by atoms with Crippen molar-refractivity contribution in [3.63, 3.8) is 0 Å². The smallest absolute Gasteiger partial charge is 0.147 e. The summed E-state index contributed by atoms with van der Waals surface area (Å²) >= 11 is 0. The summed E-state index contributed by atoms with van der Waals surface area (Å²) in [6.45, 7) is 1.14. The van der Waals surface area contributed by atoms with Crippen LogP contribution in [0.25, 0.3) is 0 Å². The summed E-state index contributed by atoms with van der Waals surface area (Å²) in [6.07, 6.45) is 1.43. The van der Waals surface area contributed by atoms with E-state index in [0.717, 1.165) is 12.0 Å². The van der Waals surface area contributed by atoms with Gasteiger partial charge in [0.15, 0.2) is 0 Å². The largest absolute Gasteiger partial charge is 0.396 e. The average molecular weight is 208 g/mol. The molecule has 0 radical (unpaired) electrons. The Morgan fingerprint density at radius 1 is 1.27 bits per heavy atom. The highest BCUT2D eigenvalue weighted by atomic mass is 16.7. The average Bonchev–Trinajstić information content (AvgIpc) is 2.32. The zero-order valence-corrected chi connectivity index (χ0v) is 8.69. The van der Waals surface area contributed by atoms with Gasteiger partial charge in [-0.05, 0) is 5.56 Å². The summed E-state index contributed by atoms with van der Waals surface area (Å²) in [5.74, 6) is 0.